The number of H-pyrrole nitrogens is 2. The number of aromatic nitrogens is 4. The highest BCUT2D eigenvalue weighted by molar-refractivity contribution is 5.88. The third-order valence-electron chi connectivity index (χ3n) is 12.8. The number of carbonyl (C=O) groups is 4. The standard InChI is InChI=1S/C50H50N8O6/c59-47(43(35-9-3-1-4-10-35)55-49(61)64-38-25-26-38)56-27-7-13-41(56)45-51-29-39(53-45)33-19-15-31(16-20-33)32-17-21-34(22-18-32)40-30-52-46(54-40)42-14-8-28-57(42)48(60)44(36-11-5-2-6-12-36)58(50(62)63)37-23-24-37/h1-6,9-12,15-22,29-30,37-38,41-44H,7-8,13-14,23-28H2,(H,51,53)(H,52,54)(H,55,61)(H,62,63)/t41-,42-,43+,44+/m0/s1. The summed E-state index contributed by atoms with van der Waals surface area (Å²) in [5.41, 5.74) is 6.96. The molecule has 0 bridgehead atoms. The fourth-order valence-electron chi connectivity index (χ4n) is 9.25. The number of carbonyl (C=O) groups excluding carboxylic acids is 3. The van der Waals surface area contributed by atoms with Crippen LogP contribution in [0.15, 0.2) is 122 Å². The van der Waals surface area contributed by atoms with Gasteiger partial charge in [-0.15, -0.1) is 0 Å². The minimum Gasteiger partial charge on any atom is -0.465 e. The fourth-order valence-corrected chi connectivity index (χ4v) is 9.25. The van der Waals surface area contributed by atoms with Crippen LogP contribution in [-0.2, 0) is 14.3 Å². The third-order valence-corrected chi connectivity index (χ3v) is 12.8. The SMILES string of the molecule is O=C(N[C@@H](C(=O)N1CCC[C@H]1c1ncc(-c2ccc(-c3ccc(-c4c[nH]c([C@@H]5CCCN5C(=O)[C@@H](c5ccccc5)N(C(=O)O)C5CC5)n4)cc3)cc2)[nH]1)c1ccccc1)OC1CC1. The predicted molar refractivity (Wildman–Crippen MR) is 238 cm³/mol. The lowest BCUT2D eigenvalue weighted by Crippen LogP contribution is -2.46. The van der Waals surface area contributed by atoms with Crippen molar-refractivity contribution in [2.45, 2.75) is 87.7 Å². The van der Waals surface area contributed by atoms with Gasteiger partial charge in [0, 0.05) is 30.9 Å². The summed E-state index contributed by atoms with van der Waals surface area (Å²) < 4.78 is 5.44. The fraction of sp³-hybridized carbons (Fsp3) is 0.320. The Morgan fingerprint density at radius 2 is 1.27 bits per heavy atom. The zero-order chi connectivity index (χ0) is 43.7. The van der Waals surface area contributed by atoms with Crippen LogP contribution in [0.2, 0.25) is 0 Å². The van der Waals surface area contributed by atoms with Gasteiger partial charge in [0.05, 0.1) is 29.7 Å². The van der Waals surface area contributed by atoms with Crippen LogP contribution in [-0.4, -0.2) is 89.0 Å². The lowest BCUT2D eigenvalue weighted by molar-refractivity contribution is -0.138. The Hall–Kier alpha value is -7.22. The molecule has 6 aromatic rings. The largest absolute Gasteiger partial charge is 0.465 e. The molecule has 4 aliphatic rings. The number of likely N-dealkylation sites (tertiary alicyclic amines) is 2. The summed E-state index contributed by atoms with van der Waals surface area (Å²) in [6, 6.07) is 32.5. The van der Waals surface area contributed by atoms with Crippen LogP contribution in [0.5, 0.6) is 0 Å². The van der Waals surface area contributed by atoms with E-state index in [1.54, 1.807) is 11.1 Å². The van der Waals surface area contributed by atoms with Crippen LogP contribution in [0.25, 0.3) is 33.6 Å². The van der Waals surface area contributed by atoms with Crippen molar-refractivity contribution in [3.63, 3.8) is 0 Å². The molecule has 4 fully saturated rings. The molecule has 2 saturated carbocycles. The molecule has 4 amide bonds. The van der Waals surface area contributed by atoms with Gasteiger partial charge in [-0.25, -0.2) is 19.6 Å². The molecule has 10 rings (SSSR count). The van der Waals surface area contributed by atoms with E-state index in [9.17, 15) is 24.3 Å². The van der Waals surface area contributed by atoms with Crippen LogP contribution in [0.1, 0.15) is 98.3 Å². The van der Waals surface area contributed by atoms with Crippen molar-refractivity contribution in [1.29, 1.82) is 0 Å². The van der Waals surface area contributed by atoms with Crippen molar-refractivity contribution < 1.29 is 29.0 Å². The number of benzene rings is 4. The van der Waals surface area contributed by atoms with Crippen LogP contribution >= 0.6 is 0 Å². The number of alkyl carbamates (subject to hydrolysis) is 1. The minimum atomic E-state index is -1.08. The van der Waals surface area contributed by atoms with Gasteiger partial charge in [-0.05, 0) is 79.2 Å². The number of carboxylic acid groups (broad SMARTS) is 1. The molecule has 14 heteroatoms. The summed E-state index contributed by atoms with van der Waals surface area (Å²) in [7, 11) is 0. The normalized spacial score (nSPS) is 19.2. The van der Waals surface area contributed by atoms with Gasteiger partial charge >= 0.3 is 12.2 Å². The summed E-state index contributed by atoms with van der Waals surface area (Å²) in [5.74, 6) is 0.985. The summed E-state index contributed by atoms with van der Waals surface area (Å²) in [5, 5.41) is 13.0. The maximum absolute atomic E-state index is 14.3. The second kappa shape index (κ2) is 17.5. The Morgan fingerprint density at radius 1 is 0.688 bits per heavy atom. The van der Waals surface area contributed by atoms with Crippen LogP contribution in [0, 0.1) is 0 Å². The maximum atomic E-state index is 14.3. The topological polar surface area (TPSA) is 177 Å². The number of nitrogens with one attached hydrogen (secondary N) is 3. The molecule has 4 atom stereocenters. The Labute approximate surface area is 370 Å². The second-order valence-electron chi connectivity index (χ2n) is 17.2. The lowest BCUT2D eigenvalue weighted by atomic mass is 10.0. The maximum Gasteiger partial charge on any atom is 0.408 e. The first kappa shape index (κ1) is 40.8. The number of nitrogens with zero attached hydrogens (tertiary/aromatic N) is 5. The first-order valence-corrected chi connectivity index (χ1v) is 22.3. The molecule has 2 saturated heterocycles. The van der Waals surface area contributed by atoms with E-state index in [1.165, 1.54) is 4.90 Å². The molecule has 2 aromatic heterocycles. The summed E-state index contributed by atoms with van der Waals surface area (Å²) in [6.07, 6.45) is 8.26. The number of aromatic amines is 2. The van der Waals surface area contributed by atoms with Crippen LogP contribution in [0.4, 0.5) is 9.59 Å². The molecule has 0 radical (unpaired) electrons. The molecule has 2 aliphatic carbocycles. The summed E-state index contributed by atoms with van der Waals surface area (Å²) in [6.45, 7) is 1.09. The Morgan fingerprint density at radius 3 is 1.88 bits per heavy atom. The van der Waals surface area contributed by atoms with Crippen LogP contribution in [0.3, 0.4) is 0 Å². The number of amides is 4. The van der Waals surface area contributed by atoms with Gasteiger partial charge in [0.25, 0.3) is 11.8 Å². The van der Waals surface area contributed by atoms with E-state index in [0.29, 0.717) is 35.9 Å². The smallest absolute Gasteiger partial charge is 0.408 e. The minimum absolute atomic E-state index is 0.0753. The van der Waals surface area contributed by atoms with Crippen molar-refractivity contribution in [2.75, 3.05) is 13.1 Å². The molecule has 326 valence electrons. The molecular weight excluding hydrogens is 809 g/mol. The highest BCUT2D eigenvalue weighted by Crippen LogP contribution is 2.40. The van der Waals surface area contributed by atoms with E-state index < -0.39 is 24.3 Å². The molecule has 14 nitrogen and oxygen atoms in total. The van der Waals surface area contributed by atoms with Crippen molar-refractivity contribution in [2.24, 2.45) is 0 Å². The van der Waals surface area contributed by atoms with E-state index in [-0.39, 0.29) is 36.0 Å². The number of hydrogen-bond donors (Lipinski definition) is 4. The molecule has 0 unspecified atom stereocenters. The first-order valence-electron chi connectivity index (χ1n) is 22.3. The molecule has 0 spiro atoms. The Kier molecular flexibility index (Phi) is 11.2. The lowest BCUT2D eigenvalue weighted by Gasteiger charge is -2.34. The van der Waals surface area contributed by atoms with Crippen molar-refractivity contribution in [3.8, 4) is 33.6 Å². The van der Waals surface area contributed by atoms with Gasteiger partial charge in [-0.1, -0.05) is 109 Å². The van der Waals surface area contributed by atoms with Gasteiger partial charge < -0.3 is 34.9 Å². The number of ether oxygens (including phenoxy) is 1. The van der Waals surface area contributed by atoms with E-state index in [0.717, 1.165) is 85.0 Å². The number of rotatable bonds is 13. The van der Waals surface area contributed by atoms with Gasteiger partial charge in [-0.3, -0.25) is 14.5 Å². The Bertz CT molecular complexity index is 2620. The van der Waals surface area contributed by atoms with E-state index in [4.69, 9.17) is 14.7 Å². The molecular formula is C50H50N8O6. The zero-order valence-electron chi connectivity index (χ0n) is 35.3. The first-order chi connectivity index (χ1) is 31.3. The third kappa shape index (κ3) is 8.47. The Balaban J connectivity index is 0.802. The van der Waals surface area contributed by atoms with Crippen molar-refractivity contribution >= 4 is 24.0 Å². The molecule has 4 aromatic carbocycles. The molecule has 4 N–H and O–H groups in total. The predicted octanol–water partition coefficient (Wildman–Crippen LogP) is 8.97. The number of hydrogen-bond acceptors (Lipinski definition) is 7. The van der Waals surface area contributed by atoms with E-state index in [1.807, 2.05) is 83.9 Å². The van der Waals surface area contributed by atoms with Crippen LogP contribution < -0.4 is 5.32 Å². The number of imidazole rings is 2. The van der Waals surface area contributed by atoms with Gasteiger partial charge in [0.2, 0.25) is 0 Å². The average Bonchev–Trinajstić information content (AvgIpc) is 3.99. The molecule has 64 heavy (non-hydrogen) atoms. The highest BCUT2D eigenvalue weighted by atomic mass is 16.6. The van der Waals surface area contributed by atoms with Gasteiger partial charge in [0.1, 0.15) is 29.8 Å². The molecule has 2 aliphatic heterocycles. The van der Waals surface area contributed by atoms with E-state index in [2.05, 4.69) is 51.7 Å². The summed E-state index contributed by atoms with van der Waals surface area (Å²) in [4.78, 5) is 75.1. The average molecular weight is 859 g/mol. The zero-order valence-corrected chi connectivity index (χ0v) is 35.3. The van der Waals surface area contributed by atoms with Gasteiger partial charge in [0.15, 0.2) is 0 Å². The van der Waals surface area contributed by atoms with E-state index >= 15 is 0 Å². The second-order valence-corrected chi connectivity index (χ2v) is 17.2. The van der Waals surface area contributed by atoms with Crippen molar-refractivity contribution in [1.82, 2.24) is 40.0 Å². The quantitative estimate of drug-likeness (QED) is 0.0890. The summed E-state index contributed by atoms with van der Waals surface area (Å²) >= 11 is 0. The van der Waals surface area contributed by atoms with Crippen molar-refractivity contribution in [3.05, 3.63) is 144 Å². The monoisotopic (exact) mass is 858 g/mol. The highest BCUT2D eigenvalue weighted by Gasteiger charge is 2.45. The van der Waals surface area contributed by atoms with Gasteiger partial charge in [-0.2, -0.15) is 0 Å². The molecule has 4 heterocycles.